The van der Waals surface area contributed by atoms with E-state index in [9.17, 15) is 0 Å². The van der Waals surface area contributed by atoms with Crippen LogP contribution < -0.4 is 0 Å². The summed E-state index contributed by atoms with van der Waals surface area (Å²) in [4.78, 5) is 13.6. The number of rotatable bonds is 8. The maximum absolute atomic E-state index is 4.85. The van der Waals surface area contributed by atoms with Crippen molar-refractivity contribution in [3.63, 3.8) is 0 Å². The van der Waals surface area contributed by atoms with Crippen LogP contribution in [0.5, 0.6) is 0 Å². The summed E-state index contributed by atoms with van der Waals surface area (Å²) in [5.41, 5.74) is 12.7. The molecule has 0 aliphatic heterocycles. The molecule has 236 valence electrons. The van der Waals surface area contributed by atoms with Gasteiger partial charge in [0, 0.05) is 58.7 Å². The second-order valence-corrected chi connectivity index (χ2v) is 13.0. The van der Waals surface area contributed by atoms with Gasteiger partial charge in [-0.15, -0.1) is 10.2 Å². The first-order valence-corrected chi connectivity index (χ1v) is 16.4. The molecular weight excluding hydrogens is 589 g/mol. The van der Waals surface area contributed by atoms with E-state index in [1.807, 2.05) is 36.9 Å². The van der Waals surface area contributed by atoms with Crippen LogP contribution >= 0.6 is 0 Å². The maximum Gasteiger partial charge on any atom is 0.168 e. The second kappa shape index (κ2) is 12.8. The zero-order valence-electron chi connectivity index (χ0n) is 28.0. The number of benzene rings is 3. The average Bonchev–Trinajstić information content (AvgIpc) is 3.58. The molecule has 6 nitrogen and oxygen atoms in total. The lowest BCUT2D eigenvalue weighted by Crippen LogP contribution is -2.22. The van der Waals surface area contributed by atoms with E-state index in [2.05, 4.69) is 128 Å². The van der Waals surface area contributed by atoms with Crippen molar-refractivity contribution in [2.24, 2.45) is 0 Å². The lowest BCUT2D eigenvalue weighted by molar-refractivity contribution is 0.464. The van der Waals surface area contributed by atoms with Crippen LogP contribution in [0.4, 0.5) is 0 Å². The van der Waals surface area contributed by atoms with Gasteiger partial charge >= 0.3 is 0 Å². The van der Waals surface area contributed by atoms with Crippen molar-refractivity contribution in [2.75, 3.05) is 0 Å². The van der Waals surface area contributed by atoms with E-state index in [1.54, 1.807) is 12.4 Å². The molecule has 0 saturated heterocycles. The first-order chi connectivity index (χ1) is 23.3. The predicted molar refractivity (Wildman–Crippen MR) is 195 cm³/mol. The van der Waals surface area contributed by atoms with E-state index in [1.165, 1.54) is 11.1 Å². The number of aromatic nitrogens is 6. The van der Waals surface area contributed by atoms with Crippen LogP contribution in [0.15, 0.2) is 128 Å². The molecule has 0 atom stereocenters. The van der Waals surface area contributed by atoms with E-state index in [4.69, 9.17) is 15.2 Å². The average molecular weight is 627 g/mol. The predicted octanol–water partition coefficient (Wildman–Crippen LogP) is 10.1. The van der Waals surface area contributed by atoms with Gasteiger partial charge in [0.05, 0.1) is 11.9 Å². The molecule has 0 bridgehead atoms. The molecule has 0 fully saturated rings. The summed E-state index contributed by atoms with van der Waals surface area (Å²) >= 11 is 0. The molecule has 4 aromatic heterocycles. The van der Waals surface area contributed by atoms with Crippen LogP contribution in [-0.2, 0) is 5.41 Å². The van der Waals surface area contributed by atoms with Gasteiger partial charge in [0.2, 0.25) is 0 Å². The topological polar surface area (TPSA) is 69.4 Å². The fourth-order valence-corrected chi connectivity index (χ4v) is 6.17. The van der Waals surface area contributed by atoms with E-state index in [0.717, 1.165) is 73.8 Å². The molecule has 0 spiro atoms. The Balaban J connectivity index is 1.42. The van der Waals surface area contributed by atoms with E-state index in [-0.39, 0.29) is 5.41 Å². The number of hydrogen-bond donors (Lipinski definition) is 0. The van der Waals surface area contributed by atoms with Gasteiger partial charge in [-0.05, 0) is 90.0 Å². The van der Waals surface area contributed by atoms with Crippen LogP contribution in [0.1, 0.15) is 44.1 Å². The molecular formula is C42H38N6. The third-order valence-electron chi connectivity index (χ3n) is 9.29. The number of hydrogen-bond acceptors (Lipinski definition) is 5. The zero-order chi connectivity index (χ0) is 33.3. The van der Waals surface area contributed by atoms with Crippen molar-refractivity contribution >= 4 is 0 Å². The van der Waals surface area contributed by atoms with Crippen molar-refractivity contribution in [2.45, 2.75) is 46.5 Å². The number of nitrogens with zero attached hydrogens (tertiary/aromatic N) is 6. The fraction of sp³-hybridized carbons (Fsp3) is 0.167. The molecule has 48 heavy (non-hydrogen) atoms. The maximum atomic E-state index is 4.85. The Morgan fingerprint density at radius 2 is 1.15 bits per heavy atom. The molecule has 0 unspecified atom stereocenters. The summed E-state index contributed by atoms with van der Waals surface area (Å²) in [6.07, 6.45) is 12.2. The van der Waals surface area contributed by atoms with Crippen LogP contribution in [-0.4, -0.2) is 29.7 Å². The van der Waals surface area contributed by atoms with Crippen molar-refractivity contribution in [1.82, 2.24) is 29.7 Å². The molecule has 6 heteroatoms. The van der Waals surface area contributed by atoms with Crippen molar-refractivity contribution in [3.8, 4) is 61.6 Å². The SMILES string of the molecule is CCC(C)(C)c1nnc(-c2cccc(-c3cccc(C)c3)c2)n1-c1cncc(-c2cc(-c3cccnc3)cc(-c3cccnc3)c2)c1C. The van der Waals surface area contributed by atoms with E-state index >= 15 is 0 Å². The lowest BCUT2D eigenvalue weighted by atomic mass is 9.88. The summed E-state index contributed by atoms with van der Waals surface area (Å²) in [6.45, 7) is 10.9. The molecule has 3 aromatic carbocycles. The Bertz CT molecular complexity index is 2160. The van der Waals surface area contributed by atoms with Gasteiger partial charge < -0.3 is 0 Å². The van der Waals surface area contributed by atoms with Gasteiger partial charge in [0.1, 0.15) is 5.82 Å². The summed E-state index contributed by atoms with van der Waals surface area (Å²) in [7, 11) is 0. The fourth-order valence-electron chi connectivity index (χ4n) is 6.17. The molecule has 7 rings (SSSR count). The van der Waals surface area contributed by atoms with E-state index < -0.39 is 0 Å². The molecule has 4 heterocycles. The van der Waals surface area contributed by atoms with Gasteiger partial charge in [0.15, 0.2) is 5.82 Å². The normalized spacial score (nSPS) is 11.5. The highest BCUT2D eigenvalue weighted by molar-refractivity contribution is 5.82. The van der Waals surface area contributed by atoms with Gasteiger partial charge in [-0.1, -0.05) is 80.9 Å². The summed E-state index contributed by atoms with van der Waals surface area (Å²) in [5.74, 6) is 1.70. The molecule has 0 amide bonds. The smallest absolute Gasteiger partial charge is 0.168 e. The Labute approximate surface area is 282 Å². The highest BCUT2D eigenvalue weighted by atomic mass is 15.3. The summed E-state index contributed by atoms with van der Waals surface area (Å²) in [6, 6.07) is 31.9. The minimum Gasteiger partial charge on any atom is -0.277 e. The van der Waals surface area contributed by atoms with Crippen molar-refractivity contribution in [3.05, 3.63) is 145 Å². The quantitative estimate of drug-likeness (QED) is 0.168. The van der Waals surface area contributed by atoms with Crippen LogP contribution in [0.25, 0.3) is 61.6 Å². The molecule has 0 radical (unpaired) electrons. The van der Waals surface area contributed by atoms with Crippen molar-refractivity contribution in [1.29, 1.82) is 0 Å². The second-order valence-electron chi connectivity index (χ2n) is 13.0. The Morgan fingerprint density at radius 3 is 1.77 bits per heavy atom. The lowest BCUT2D eigenvalue weighted by Gasteiger charge is -2.24. The largest absolute Gasteiger partial charge is 0.277 e. The Morgan fingerprint density at radius 1 is 0.562 bits per heavy atom. The summed E-state index contributed by atoms with van der Waals surface area (Å²) in [5, 5.41) is 9.70. The first-order valence-electron chi connectivity index (χ1n) is 16.4. The highest BCUT2D eigenvalue weighted by Crippen LogP contribution is 2.38. The van der Waals surface area contributed by atoms with Gasteiger partial charge in [-0.3, -0.25) is 19.5 Å². The van der Waals surface area contributed by atoms with Crippen LogP contribution in [0.2, 0.25) is 0 Å². The Hall–Kier alpha value is -5.75. The third kappa shape index (κ3) is 5.93. The number of pyridine rings is 3. The Kier molecular flexibility index (Phi) is 8.24. The molecule has 0 saturated carbocycles. The monoisotopic (exact) mass is 626 g/mol. The van der Waals surface area contributed by atoms with Crippen LogP contribution in [0.3, 0.4) is 0 Å². The third-order valence-corrected chi connectivity index (χ3v) is 9.29. The van der Waals surface area contributed by atoms with Gasteiger partial charge in [-0.25, -0.2) is 0 Å². The van der Waals surface area contributed by atoms with Crippen LogP contribution in [0, 0.1) is 13.8 Å². The number of aryl methyl sites for hydroxylation is 1. The standard InChI is InChI=1S/C42H38N6/c1-6-42(4,5)41-47-46-40(32-14-8-13-31(20-32)30-12-7-11-28(2)19-30)48(41)39-27-45-26-38(29(39)3)37-22-35(33-15-9-17-43-24-33)21-36(23-37)34-16-10-18-44-25-34/h7-27H,6H2,1-5H3. The minimum absolute atomic E-state index is 0.227. The molecule has 0 N–H and O–H groups in total. The van der Waals surface area contributed by atoms with Gasteiger partial charge in [-0.2, -0.15) is 0 Å². The highest BCUT2D eigenvalue weighted by Gasteiger charge is 2.29. The first kappa shape index (κ1) is 30.9. The van der Waals surface area contributed by atoms with Gasteiger partial charge in [0.25, 0.3) is 0 Å². The molecule has 0 aliphatic rings. The zero-order valence-corrected chi connectivity index (χ0v) is 28.0. The molecule has 0 aliphatic carbocycles. The molecule has 7 aromatic rings. The van der Waals surface area contributed by atoms with Crippen molar-refractivity contribution < 1.29 is 0 Å². The minimum atomic E-state index is -0.227. The summed E-state index contributed by atoms with van der Waals surface area (Å²) < 4.78 is 2.22. The van der Waals surface area contributed by atoms with E-state index in [0.29, 0.717) is 0 Å².